The van der Waals surface area contributed by atoms with Gasteiger partial charge >= 0.3 is 5.97 Å². The van der Waals surface area contributed by atoms with Crippen LogP contribution in [0.5, 0.6) is 0 Å². The van der Waals surface area contributed by atoms with E-state index in [9.17, 15) is 14.7 Å². The van der Waals surface area contributed by atoms with Crippen molar-refractivity contribution in [3.8, 4) is 11.1 Å². The summed E-state index contributed by atoms with van der Waals surface area (Å²) in [6.07, 6.45) is 1.82. The fraction of sp³-hybridized carbons (Fsp3) is 0.0417. The fourth-order valence-electron chi connectivity index (χ4n) is 3.07. The number of thioether (sulfide) groups is 1. The van der Waals surface area contributed by atoms with Crippen LogP contribution in [-0.2, 0) is 4.79 Å². The molecular formula is C24H17ClN2O3S. The molecule has 0 atom stereocenters. The Morgan fingerprint density at radius 3 is 2.42 bits per heavy atom. The third-order valence-electron chi connectivity index (χ3n) is 4.68. The summed E-state index contributed by atoms with van der Waals surface area (Å²) in [6.45, 7) is 0. The first-order valence-corrected chi connectivity index (χ1v) is 10.6. The number of carbonyl (C=O) groups excluding carboxylic acids is 1. The van der Waals surface area contributed by atoms with Gasteiger partial charge in [-0.3, -0.25) is 9.69 Å². The van der Waals surface area contributed by atoms with Crippen molar-refractivity contribution in [2.45, 2.75) is 0 Å². The Bertz CT molecular complexity index is 1240. The number of likely N-dealkylation sites (N-methyl/N-ethyl adjacent to an activating group) is 1. The summed E-state index contributed by atoms with van der Waals surface area (Å²) in [7, 11) is 1.69. The molecule has 1 amide bonds. The maximum atomic E-state index is 12.7. The van der Waals surface area contributed by atoms with Crippen LogP contribution in [-0.4, -0.2) is 34.1 Å². The lowest BCUT2D eigenvalue weighted by atomic mass is 10.0. The van der Waals surface area contributed by atoms with Crippen LogP contribution < -0.4 is 0 Å². The second-order valence-corrected chi connectivity index (χ2v) is 8.30. The molecule has 0 unspecified atom stereocenters. The van der Waals surface area contributed by atoms with Crippen molar-refractivity contribution in [1.82, 2.24) is 4.90 Å². The van der Waals surface area contributed by atoms with Crippen LogP contribution in [0.25, 0.3) is 17.2 Å². The van der Waals surface area contributed by atoms with Crippen LogP contribution in [0.3, 0.4) is 0 Å². The minimum absolute atomic E-state index is 0.129. The Morgan fingerprint density at radius 2 is 1.71 bits per heavy atom. The first-order valence-electron chi connectivity index (χ1n) is 9.36. The first-order chi connectivity index (χ1) is 14.9. The molecule has 1 aliphatic rings. The van der Waals surface area contributed by atoms with Crippen molar-refractivity contribution in [3.63, 3.8) is 0 Å². The predicted molar refractivity (Wildman–Crippen MR) is 126 cm³/mol. The van der Waals surface area contributed by atoms with Gasteiger partial charge in [0, 0.05) is 12.1 Å². The highest BCUT2D eigenvalue weighted by atomic mass is 35.5. The zero-order valence-electron chi connectivity index (χ0n) is 16.4. The quantitative estimate of drug-likeness (QED) is 0.501. The predicted octanol–water partition coefficient (Wildman–Crippen LogP) is 5.94. The Labute approximate surface area is 188 Å². The molecule has 31 heavy (non-hydrogen) atoms. The Morgan fingerprint density at radius 1 is 1.03 bits per heavy atom. The second-order valence-electron chi connectivity index (χ2n) is 6.86. The minimum Gasteiger partial charge on any atom is -0.478 e. The molecule has 1 aliphatic heterocycles. The molecule has 3 aromatic carbocycles. The standard InChI is InChI=1S/C24H17ClN2O3S/c1-27-22(28)21(31-24(27)26-20-10-8-19(25)9-11-20)13-15-4-2-5-16(12-15)17-6-3-7-18(14-17)23(29)30/h2-14H,1H3,(H,29,30)/b21-13-,26-24?. The molecule has 0 bridgehead atoms. The Kier molecular flexibility index (Phi) is 5.93. The maximum absolute atomic E-state index is 12.7. The van der Waals surface area contributed by atoms with E-state index in [1.807, 2.05) is 36.4 Å². The van der Waals surface area contributed by atoms with Crippen molar-refractivity contribution < 1.29 is 14.7 Å². The van der Waals surface area contributed by atoms with Gasteiger partial charge in [0.15, 0.2) is 5.17 Å². The van der Waals surface area contributed by atoms with Crippen LogP contribution in [0.1, 0.15) is 15.9 Å². The van der Waals surface area contributed by atoms with E-state index < -0.39 is 5.97 Å². The van der Waals surface area contributed by atoms with Gasteiger partial charge < -0.3 is 5.11 Å². The summed E-state index contributed by atoms with van der Waals surface area (Å²) in [5.74, 6) is -1.10. The van der Waals surface area contributed by atoms with Gasteiger partial charge in [0.2, 0.25) is 0 Å². The number of hydrogen-bond donors (Lipinski definition) is 1. The SMILES string of the molecule is CN1C(=O)/C(=C/c2cccc(-c3cccc(C(=O)O)c3)c2)SC1=Nc1ccc(Cl)cc1. The molecular weight excluding hydrogens is 432 g/mol. The second kappa shape index (κ2) is 8.79. The smallest absolute Gasteiger partial charge is 0.335 e. The van der Waals surface area contributed by atoms with Gasteiger partial charge in [0.25, 0.3) is 5.91 Å². The maximum Gasteiger partial charge on any atom is 0.335 e. The summed E-state index contributed by atoms with van der Waals surface area (Å²) in [5.41, 5.74) is 3.46. The number of carboxylic acids is 1. The number of aliphatic imine (C=N–C) groups is 1. The van der Waals surface area contributed by atoms with Gasteiger partial charge in [-0.15, -0.1) is 0 Å². The van der Waals surface area contributed by atoms with Crippen molar-refractivity contribution in [3.05, 3.63) is 93.9 Å². The van der Waals surface area contributed by atoms with Gasteiger partial charge in [-0.2, -0.15) is 0 Å². The van der Waals surface area contributed by atoms with E-state index in [1.54, 1.807) is 49.5 Å². The van der Waals surface area contributed by atoms with Gasteiger partial charge in [-0.25, -0.2) is 9.79 Å². The number of halogens is 1. The Hall–Kier alpha value is -3.35. The Balaban J connectivity index is 1.62. The number of benzene rings is 3. The molecule has 1 heterocycles. The number of rotatable bonds is 4. The lowest BCUT2D eigenvalue weighted by Crippen LogP contribution is -2.23. The molecule has 0 spiro atoms. The molecule has 4 rings (SSSR count). The van der Waals surface area contributed by atoms with Crippen molar-refractivity contribution in [1.29, 1.82) is 0 Å². The molecule has 154 valence electrons. The number of amidine groups is 1. The van der Waals surface area contributed by atoms with E-state index in [0.29, 0.717) is 20.8 Å². The average Bonchev–Trinajstić information content (AvgIpc) is 3.03. The molecule has 0 aliphatic carbocycles. The van der Waals surface area contributed by atoms with E-state index in [1.165, 1.54) is 16.7 Å². The van der Waals surface area contributed by atoms with E-state index in [2.05, 4.69) is 4.99 Å². The van der Waals surface area contributed by atoms with Crippen molar-refractivity contribution in [2.24, 2.45) is 4.99 Å². The van der Waals surface area contributed by atoms with Crippen LogP contribution in [0.4, 0.5) is 5.69 Å². The summed E-state index contributed by atoms with van der Waals surface area (Å²) < 4.78 is 0. The molecule has 5 nitrogen and oxygen atoms in total. The monoisotopic (exact) mass is 448 g/mol. The molecule has 0 radical (unpaired) electrons. The molecule has 1 saturated heterocycles. The van der Waals surface area contributed by atoms with E-state index >= 15 is 0 Å². The van der Waals surface area contributed by atoms with Gasteiger partial charge in [-0.05, 0) is 77.0 Å². The zero-order valence-corrected chi connectivity index (χ0v) is 18.0. The van der Waals surface area contributed by atoms with Crippen LogP contribution >= 0.6 is 23.4 Å². The summed E-state index contributed by atoms with van der Waals surface area (Å²) >= 11 is 7.22. The number of hydrogen-bond acceptors (Lipinski definition) is 4. The minimum atomic E-state index is -0.969. The molecule has 0 saturated carbocycles. The first kappa shape index (κ1) is 20.9. The lowest BCUT2D eigenvalue weighted by molar-refractivity contribution is -0.121. The van der Waals surface area contributed by atoms with E-state index in [0.717, 1.165) is 16.7 Å². The lowest BCUT2D eigenvalue weighted by Gasteiger charge is -2.07. The van der Waals surface area contributed by atoms with Gasteiger partial charge in [0.1, 0.15) is 0 Å². The number of nitrogens with zero attached hydrogens (tertiary/aromatic N) is 2. The highest BCUT2D eigenvalue weighted by Crippen LogP contribution is 2.34. The average molecular weight is 449 g/mol. The number of carbonyl (C=O) groups is 2. The molecule has 0 aromatic heterocycles. The highest BCUT2D eigenvalue weighted by molar-refractivity contribution is 8.18. The largest absolute Gasteiger partial charge is 0.478 e. The third kappa shape index (κ3) is 4.71. The van der Waals surface area contributed by atoms with Crippen molar-refractivity contribution >= 4 is 52.2 Å². The number of carboxylic acid groups (broad SMARTS) is 1. The normalized spacial score (nSPS) is 16.3. The third-order valence-corrected chi connectivity index (χ3v) is 5.99. The van der Waals surface area contributed by atoms with Crippen LogP contribution in [0.2, 0.25) is 5.02 Å². The number of amides is 1. The summed E-state index contributed by atoms with van der Waals surface area (Å²) in [5, 5.41) is 10.4. The van der Waals surface area contributed by atoms with Gasteiger partial charge in [-0.1, -0.05) is 41.9 Å². The number of aromatic carboxylic acids is 1. The van der Waals surface area contributed by atoms with E-state index in [4.69, 9.17) is 11.6 Å². The summed E-state index contributed by atoms with van der Waals surface area (Å²) in [6, 6.07) is 21.5. The summed E-state index contributed by atoms with van der Waals surface area (Å²) in [4.78, 5) is 30.6. The van der Waals surface area contributed by atoms with Crippen LogP contribution in [0, 0.1) is 0 Å². The zero-order chi connectivity index (χ0) is 22.0. The molecule has 1 N–H and O–H groups in total. The highest BCUT2D eigenvalue weighted by Gasteiger charge is 2.30. The molecule has 3 aromatic rings. The fourth-order valence-corrected chi connectivity index (χ4v) is 4.18. The molecule has 1 fully saturated rings. The van der Waals surface area contributed by atoms with E-state index in [-0.39, 0.29) is 11.5 Å². The van der Waals surface area contributed by atoms with Crippen molar-refractivity contribution in [2.75, 3.05) is 7.05 Å². The molecule has 7 heteroatoms. The van der Waals surface area contributed by atoms with Gasteiger partial charge in [0.05, 0.1) is 16.2 Å². The topological polar surface area (TPSA) is 70.0 Å². The van der Waals surface area contributed by atoms with Crippen LogP contribution in [0.15, 0.2) is 82.7 Å².